The number of hydrogen-bond donors (Lipinski definition) is 2. The second-order valence-corrected chi connectivity index (χ2v) is 16.3. The number of methoxy groups -OCH3 is 2. The molecule has 0 spiro atoms. The van der Waals surface area contributed by atoms with Crippen molar-refractivity contribution in [3.05, 3.63) is 131 Å². The third kappa shape index (κ3) is 12.4. The standard InChI is InChI=1S/C51H60N4O11/c1-52-45(56)29-30-48(59)66-42-33-39(35-64-51(36-15-7-4-8-16-36,37-21-25-40(62-2)26-22-37)38-23-27-41(63-3)28-24-38)54(34-42)47(58)20-10-5-13-31-53-46(57)19-9-6-14-32-65-55-49(60)43-17-11-12-18-44(43)50(55)61/h4,7-8,11-12,15-18,21-28,39,42H,5-6,9-10,13-14,19-20,29-35H2,1-3H3,(H,52,56)(H,53,57)/t39-,42+/m0/s1. The van der Waals surface area contributed by atoms with E-state index in [0.717, 1.165) is 21.8 Å². The normalized spacial score (nSPS) is 15.6. The first-order chi connectivity index (χ1) is 32.1. The Morgan fingerprint density at radius 1 is 0.652 bits per heavy atom. The van der Waals surface area contributed by atoms with Gasteiger partial charge in [-0.05, 0) is 78.8 Å². The van der Waals surface area contributed by atoms with Gasteiger partial charge >= 0.3 is 5.97 Å². The summed E-state index contributed by atoms with van der Waals surface area (Å²) in [5, 5.41) is 6.28. The van der Waals surface area contributed by atoms with Crippen LogP contribution in [0.2, 0.25) is 0 Å². The number of fused-ring (bicyclic) bond motifs is 1. The van der Waals surface area contributed by atoms with E-state index in [1.54, 1.807) is 43.4 Å². The minimum Gasteiger partial charge on any atom is -0.497 e. The fraction of sp³-hybridized carbons (Fsp3) is 0.412. The van der Waals surface area contributed by atoms with Crippen LogP contribution in [0.15, 0.2) is 103 Å². The molecule has 15 heteroatoms. The highest BCUT2D eigenvalue weighted by atomic mass is 16.7. The van der Waals surface area contributed by atoms with Crippen molar-refractivity contribution in [2.24, 2.45) is 0 Å². The second-order valence-electron chi connectivity index (χ2n) is 16.3. The van der Waals surface area contributed by atoms with Gasteiger partial charge in [0, 0.05) is 39.3 Å². The summed E-state index contributed by atoms with van der Waals surface area (Å²) in [5.74, 6) is -0.504. The van der Waals surface area contributed by atoms with Crippen molar-refractivity contribution in [1.82, 2.24) is 20.6 Å². The number of nitrogens with zero attached hydrogens (tertiary/aromatic N) is 2. The molecule has 6 rings (SSSR count). The van der Waals surface area contributed by atoms with Crippen LogP contribution in [0.5, 0.6) is 11.5 Å². The number of rotatable bonds is 25. The molecule has 1 saturated heterocycles. The lowest BCUT2D eigenvalue weighted by atomic mass is 9.80. The maximum absolute atomic E-state index is 14.0. The topological polar surface area (TPSA) is 179 Å². The Morgan fingerprint density at radius 3 is 1.83 bits per heavy atom. The molecule has 0 aromatic heterocycles. The number of benzene rings is 4. The number of carbonyl (C=O) groups excluding carboxylic acids is 6. The Hall–Kier alpha value is -6.58. The van der Waals surface area contributed by atoms with Gasteiger partial charge in [-0.1, -0.05) is 79.6 Å². The molecule has 4 aromatic carbocycles. The summed E-state index contributed by atoms with van der Waals surface area (Å²) >= 11 is 0. The first-order valence-electron chi connectivity index (χ1n) is 22.6. The lowest BCUT2D eigenvalue weighted by Gasteiger charge is -2.38. The second kappa shape index (κ2) is 24.1. The zero-order chi connectivity index (χ0) is 46.9. The minimum absolute atomic E-state index is 0.000174. The SMILES string of the molecule is CNC(=O)CCC(=O)O[C@@H]1C[C@@H](COC(c2ccccc2)(c2ccc(OC)cc2)c2ccc(OC)cc2)N(C(=O)CCCCCNC(=O)CCCCCON2C(=O)c3ccccc3C2=O)C1. The average Bonchev–Trinajstić information content (AvgIpc) is 3.86. The number of esters is 1. The highest BCUT2D eigenvalue weighted by Crippen LogP contribution is 2.42. The van der Waals surface area contributed by atoms with E-state index in [0.29, 0.717) is 80.5 Å². The molecule has 2 atom stereocenters. The van der Waals surface area contributed by atoms with Gasteiger partial charge in [0.25, 0.3) is 11.8 Å². The van der Waals surface area contributed by atoms with Crippen LogP contribution < -0.4 is 20.1 Å². The highest BCUT2D eigenvalue weighted by molar-refractivity contribution is 6.20. The van der Waals surface area contributed by atoms with E-state index < -0.39 is 35.5 Å². The quantitative estimate of drug-likeness (QED) is 0.0320. The molecule has 5 amide bonds. The van der Waals surface area contributed by atoms with Crippen molar-refractivity contribution in [2.75, 3.05) is 47.6 Å². The Morgan fingerprint density at radius 2 is 1.23 bits per heavy atom. The number of hydrogen-bond acceptors (Lipinski definition) is 11. The molecule has 350 valence electrons. The van der Waals surface area contributed by atoms with E-state index in [1.807, 2.05) is 78.9 Å². The summed E-state index contributed by atoms with van der Waals surface area (Å²) in [7, 11) is 4.74. The largest absolute Gasteiger partial charge is 0.497 e. The smallest absolute Gasteiger partial charge is 0.306 e. The predicted octanol–water partition coefficient (Wildman–Crippen LogP) is 6.52. The molecular weight excluding hydrogens is 845 g/mol. The van der Waals surface area contributed by atoms with Gasteiger partial charge < -0.3 is 34.5 Å². The van der Waals surface area contributed by atoms with Crippen LogP contribution in [-0.4, -0.2) is 105 Å². The molecule has 15 nitrogen and oxygen atoms in total. The van der Waals surface area contributed by atoms with Gasteiger partial charge in [-0.3, -0.25) is 33.6 Å². The maximum atomic E-state index is 14.0. The molecule has 1 fully saturated rings. The third-order valence-electron chi connectivity index (χ3n) is 11.9. The van der Waals surface area contributed by atoms with Gasteiger partial charge in [0.15, 0.2) is 0 Å². The first-order valence-corrected chi connectivity index (χ1v) is 22.6. The number of carbonyl (C=O) groups is 6. The molecule has 2 N–H and O–H groups in total. The molecule has 0 bridgehead atoms. The zero-order valence-corrected chi connectivity index (χ0v) is 38.0. The molecule has 4 aromatic rings. The molecule has 0 unspecified atom stereocenters. The maximum Gasteiger partial charge on any atom is 0.306 e. The van der Waals surface area contributed by atoms with Crippen LogP contribution in [0.3, 0.4) is 0 Å². The summed E-state index contributed by atoms with van der Waals surface area (Å²) in [5.41, 5.74) is 2.08. The monoisotopic (exact) mass is 904 g/mol. The Labute approximate surface area is 386 Å². The average molecular weight is 905 g/mol. The van der Waals surface area contributed by atoms with Crippen molar-refractivity contribution < 1.29 is 52.6 Å². The molecule has 2 aliphatic heterocycles. The summed E-state index contributed by atoms with van der Waals surface area (Å²) in [6.45, 7) is 0.954. The van der Waals surface area contributed by atoms with E-state index in [4.69, 9.17) is 23.8 Å². The molecule has 66 heavy (non-hydrogen) atoms. The Balaban J connectivity index is 1.03. The summed E-state index contributed by atoms with van der Waals surface area (Å²) in [6.07, 6.45) is 4.16. The third-order valence-corrected chi connectivity index (χ3v) is 11.9. The van der Waals surface area contributed by atoms with Gasteiger partial charge in [0.1, 0.15) is 23.2 Å². The van der Waals surface area contributed by atoms with Gasteiger partial charge in [-0.15, -0.1) is 5.06 Å². The van der Waals surface area contributed by atoms with Crippen LogP contribution in [0, 0.1) is 0 Å². The molecule has 2 heterocycles. The summed E-state index contributed by atoms with van der Waals surface area (Å²) in [6, 6.07) is 31.4. The number of amides is 5. The van der Waals surface area contributed by atoms with Crippen LogP contribution in [-0.2, 0) is 39.1 Å². The van der Waals surface area contributed by atoms with Crippen molar-refractivity contribution in [3.63, 3.8) is 0 Å². The number of ether oxygens (including phenoxy) is 4. The fourth-order valence-electron chi connectivity index (χ4n) is 8.35. The molecule has 0 radical (unpaired) electrons. The van der Waals surface area contributed by atoms with E-state index in [1.165, 1.54) is 7.05 Å². The number of nitrogens with one attached hydrogen (secondary N) is 2. The van der Waals surface area contributed by atoms with Crippen LogP contribution >= 0.6 is 0 Å². The predicted molar refractivity (Wildman–Crippen MR) is 244 cm³/mol. The van der Waals surface area contributed by atoms with Crippen molar-refractivity contribution in [2.45, 2.75) is 88.4 Å². The minimum atomic E-state index is -1.12. The van der Waals surface area contributed by atoms with Crippen molar-refractivity contribution in [3.8, 4) is 11.5 Å². The number of unbranched alkanes of at least 4 members (excludes halogenated alkanes) is 4. The van der Waals surface area contributed by atoms with Crippen molar-refractivity contribution >= 4 is 35.5 Å². The van der Waals surface area contributed by atoms with E-state index in [9.17, 15) is 28.8 Å². The molecule has 2 aliphatic rings. The lowest BCUT2D eigenvalue weighted by molar-refractivity contribution is -0.150. The first kappa shape index (κ1) is 48.9. The summed E-state index contributed by atoms with van der Waals surface area (Å²) in [4.78, 5) is 83.4. The summed E-state index contributed by atoms with van der Waals surface area (Å²) < 4.78 is 24.0. The Bertz CT molecular complexity index is 2190. The van der Waals surface area contributed by atoms with E-state index >= 15 is 0 Å². The fourth-order valence-corrected chi connectivity index (χ4v) is 8.35. The Kier molecular flexibility index (Phi) is 17.8. The lowest BCUT2D eigenvalue weighted by Crippen LogP contribution is -2.42. The van der Waals surface area contributed by atoms with Crippen LogP contribution in [0.4, 0.5) is 0 Å². The molecule has 0 saturated carbocycles. The van der Waals surface area contributed by atoms with Crippen LogP contribution in [0.1, 0.15) is 108 Å². The van der Waals surface area contributed by atoms with Gasteiger partial charge in [-0.2, -0.15) is 0 Å². The van der Waals surface area contributed by atoms with Crippen LogP contribution in [0.25, 0.3) is 0 Å². The van der Waals surface area contributed by atoms with E-state index in [-0.39, 0.29) is 56.7 Å². The van der Waals surface area contributed by atoms with Gasteiger partial charge in [0.05, 0.1) is 57.6 Å². The van der Waals surface area contributed by atoms with Crippen molar-refractivity contribution in [1.29, 1.82) is 0 Å². The molecular formula is C51H60N4O11. The van der Waals surface area contributed by atoms with Gasteiger partial charge in [-0.25, -0.2) is 0 Å². The zero-order valence-electron chi connectivity index (χ0n) is 38.0. The molecule has 0 aliphatic carbocycles. The number of hydroxylamine groups is 2. The highest BCUT2D eigenvalue weighted by Gasteiger charge is 2.43. The van der Waals surface area contributed by atoms with E-state index in [2.05, 4.69) is 10.6 Å². The number of likely N-dealkylation sites (tertiary alicyclic amines) is 1. The van der Waals surface area contributed by atoms with Gasteiger partial charge in [0.2, 0.25) is 17.7 Å². The number of imide groups is 1.